The van der Waals surface area contributed by atoms with Crippen LogP contribution in [-0.2, 0) is 0 Å². The van der Waals surface area contributed by atoms with Crippen LogP contribution in [0.3, 0.4) is 0 Å². The smallest absolute Gasteiger partial charge is 0.280 e. The Balaban J connectivity index is 1.80. The van der Waals surface area contributed by atoms with E-state index in [4.69, 9.17) is 0 Å². The summed E-state index contributed by atoms with van der Waals surface area (Å²) in [5.74, 6) is -0.213. The maximum atomic E-state index is 13.6. The zero-order chi connectivity index (χ0) is 19.0. The van der Waals surface area contributed by atoms with Crippen molar-refractivity contribution in [3.63, 3.8) is 0 Å². The van der Waals surface area contributed by atoms with Crippen molar-refractivity contribution in [2.45, 2.75) is 6.43 Å². The number of amides is 1. The van der Waals surface area contributed by atoms with E-state index in [0.717, 1.165) is 17.6 Å². The molecule has 3 heterocycles. The highest BCUT2D eigenvalue weighted by atomic mass is 19.3. The van der Waals surface area contributed by atoms with E-state index in [-0.39, 0.29) is 22.8 Å². The third-order valence-electron chi connectivity index (χ3n) is 4.93. The second-order valence-electron chi connectivity index (χ2n) is 6.78. The van der Waals surface area contributed by atoms with E-state index in [9.17, 15) is 13.6 Å². The number of benzene rings is 1. The van der Waals surface area contributed by atoms with Crippen molar-refractivity contribution in [1.29, 1.82) is 0 Å². The van der Waals surface area contributed by atoms with Gasteiger partial charge in [0.05, 0.1) is 45.1 Å². The van der Waals surface area contributed by atoms with Gasteiger partial charge in [0.1, 0.15) is 11.3 Å². The lowest BCUT2D eigenvalue weighted by molar-refractivity contribution is -0.883. The van der Waals surface area contributed by atoms with Crippen LogP contribution in [0.4, 0.5) is 8.78 Å². The summed E-state index contributed by atoms with van der Waals surface area (Å²) in [5.41, 5.74) is 1.26. The maximum absolute atomic E-state index is 13.6. The quantitative estimate of drug-likeness (QED) is 0.754. The highest BCUT2D eigenvalue weighted by Crippen LogP contribution is 2.27. The number of carbonyl (C=O) groups is 1. The normalized spacial score (nSPS) is 15.6. The van der Waals surface area contributed by atoms with Crippen molar-refractivity contribution in [3.8, 4) is 11.3 Å². The Morgan fingerprint density at radius 2 is 1.89 bits per heavy atom. The fourth-order valence-corrected chi connectivity index (χ4v) is 3.31. The largest absolute Gasteiger partial charge is 0.334 e. The van der Waals surface area contributed by atoms with E-state index in [2.05, 4.69) is 17.1 Å². The van der Waals surface area contributed by atoms with Gasteiger partial charge in [0.15, 0.2) is 5.65 Å². The molecule has 1 aliphatic rings. The van der Waals surface area contributed by atoms with Crippen LogP contribution in [0.15, 0.2) is 42.6 Å². The van der Waals surface area contributed by atoms with Crippen molar-refractivity contribution in [3.05, 3.63) is 53.9 Å². The maximum Gasteiger partial charge on any atom is 0.280 e. The first-order valence-electron chi connectivity index (χ1n) is 8.87. The van der Waals surface area contributed by atoms with Gasteiger partial charge in [-0.05, 0) is 6.07 Å². The van der Waals surface area contributed by atoms with Crippen LogP contribution in [0.25, 0.3) is 16.9 Å². The number of rotatable bonds is 3. The SMILES string of the molecule is C[NH+]1CCN(C(=O)c2cnn3c(C(F)F)cc(-c4ccccc4)nc23)CC1. The number of halogens is 2. The van der Waals surface area contributed by atoms with Crippen LogP contribution in [0, 0.1) is 0 Å². The Morgan fingerprint density at radius 3 is 2.56 bits per heavy atom. The molecule has 0 bridgehead atoms. The van der Waals surface area contributed by atoms with Gasteiger partial charge in [-0.25, -0.2) is 18.3 Å². The van der Waals surface area contributed by atoms with Crippen LogP contribution in [0.2, 0.25) is 0 Å². The minimum atomic E-state index is -2.73. The number of nitrogens with zero attached hydrogens (tertiary/aromatic N) is 4. The van der Waals surface area contributed by atoms with Crippen LogP contribution in [0.1, 0.15) is 22.5 Å². The lowest BCUT2D eigenvalue weighted by Crippen LogP contribution is -3.12. The summed E-state index contributed by atoms with van der Waals surface area (Å²) in [6, 6.07) is 10.4. The number of piperazine rings is 1. The molecule has 1 amide bonds. The van der Waals surface area contributed by atoms with Gasteiger partial charge in [-0.1, -0.05) is 30.3 Å². The average molecular weight is 372 g/mol. The van der Waals surface area contributed by atoms with Crippen LogP contribution in [0.5, 0.6) is 0 Å². The second-order valence-corrected chi connectivity index (χ2v) is 6.78. The minimum absolute atomic E-state index is 0.169. The van der Waals surface area contributed by atoms with Gasteiger partial charge in [0.2, 0.25) is 0 Å². The van der Waals surface area contributed by atoms with E-state index in [1.165, 1.54) is 17.2 Å². The Kier molecular flexibility index (Phi) is 4.57. The van der Waals surface area contributed by atoms with Gasteiger partial charge in [-0.15, -0.1) is 0 Å². The van der Waals surface area contributed by atoms with Gasteiger partial charge in [0.25, 0.3) is 12.3 Å². The molecule has 0 unspecified atom stereocenters. The van der Waals surface area contributed by atoms with E-state index in [0.29, 0.717) is 24.3 Å². The number of aromatic nitrogens is 3. The molecule has 0 atom stereocenters. The molecule has 140 valence electrons. The Hall–Kier alpha value is -2.87. The Morgan fingerprint density at radius 1 is 1.19 bits per heavy atom. The van der Waals surface area contributed by atoms with E-state index >= 15 is 0 Å². The standard InChI is InChI=1S/C19H19F2N5O/c1-24-7-9-25(10-8-24)19(27)14-12-22-26-16(17(20)21)11-15(23-18(14)26)13-5-3-2-4-6-13/h2-6,11-12,17H,7-10H2,1H3/p+1. The molecular weight excluding hydrogens is 352 g/mol. The molecular formula is C19H20F2N5O+. The molecule has 1 aromatic carbocycles. The van der Waals surface area contributed by atoms with Crippen LogP contribution in [-0.4, -0.2) is 58.6 Å². The van der Waals surface area contributed by atoms with Crippen molar-refractivity contribution in [2.24, 2.45) is 0 Å². The summed E-state index contributed by atoms with van der Waals surface area (Å²) in [7, 11) is 2.08. The molecule has 27 heavy (non-hydrogen) atoms. The molecule has 1 N–H and O–H groups in total. The molecule has 0 saturated carbocycles. The van der Waals surface area contributed by atoms with Crippen molar-refractivity contribution in [2.75, 3.05) is 33.2 Å². The number of hydrogen-bond donors (Lipinski definition) is 1. The molecule has 4 rings (SSSR count). The molecule has 1 saturated heterocycles. The lowest BCUT2D eigenvalue weighted by atomic mass is 10.1. The van der Waals surface area contributed by atoms with Gasteiger partial charge in [-0.2, -0.15) is 5.10 Å². The predicted molar refractivity (Wildman–Crippen MR) is 95.9 cm³/mol. The number of alkyl halides is 2. The van der Waals surface area contributed by atoms with Gasteiger partial charge in [-0.3, -0.25) is 4.79 Å². The lowest BCUT2D eigenvalue weighted by Gasteiger charge is -2.29. The summed E-state index contributed by atoms with van der Waals surface area (Å²) in [6.45, 7) is 2.97. The molecule has 1 fully saturated rings. The van der Waals surface area contributed by atoms with Crippen molar-refractivity contribution >= 4 is 11.6 Å². The zero-order valence-corrected chi connectivity index (χ0v) is 14.9. The summed E-state index contributed by atoms with van der Waals surface area (Å²) >= 11 is 0. The highest BCUT2D eigenvalue weighted by Gasteiger charge is 2.27. The number of fused-ring (bicyclic) bond motifs is 1. The zero-order valence-electron chi connectivity index (χ0n) is 14.9. The summed E-state index contributed by atoms with van der Waals surface area (Å²) in [4.78, 5) is 20.5. The molecule has 1 aliphatic heterocycles. The fraction of sp³-hybridized carbons (Fsp3) is 0.316. The summed E-state index contributed by atoms with van der Waals surface area (Å²) in [5, 5.41) is 4.03. The molecule has 2 aromatic heterocycles. The van der Waals surface area contributed by atoms with Crippen LogP contribution < -0.4 is 4.90 Å². The number of quaternary nitrogens is 1. The average Bonchev–Trinajstić information content (AvgIpc) is 3.11. The number of hydrogen-bond acceptors (Lipinski definition) is 3. The monoisotopic (exact) mass is 372 g/mol. The molecule has 0 aliphatic carbocycles. The number of likely N-dealkylation sites (N-methyl/N-ethyl adjacent to an activating group) is 1. The topological polar surface area (TPSA) is 54.9 Å². The highest BCUT2D eigenvalue weighted by molar-refractivity contribution is 6.00. The third kappa shape index (κ3) is 3.28. The van der Waals surface area contributed by atoms with E-state index < -0.39 is 6.43 Å². The first kappa shape index (κ1) is 17.5. The Labute approximate surface area is 155 Å². The first-order chi connectivity index (χ1) is 13.0. The van der Waals surface area contributed by atoms with Crippen molar-refractivity contribution < 1.29 is 18.5 Å². The molecule has 0 spiro atoms. The van der Waals surface area contributed by atoms with Crippen LogP contribution >= 0.6 is 0 Å². The van der Waals surface area contributed by atoms with Gasteiger partial charge < -0.3 is 9.80 Å². The fourth-order valence-electron chi connectivity index (χ4n) is 3.31. The summed E-state index contributed by atoms with van der Waals surface area (Å²) in [6.07, 6.45) is -1.38. The molecule has 6 nitrogen and oxygen atoms in total. The number of carbonyl (C=O) groups excluding carboxylic acids is 1. The molecule has 3 aromatic rings. The third-order valence-corrected chi connectivity index (χ3v) is 4.93. The second kappa shape index (κ2) is 7.03. The molecule has 8 heteroatoms. The van der Waals surface area contributed by atoms with E-state index in [1.54, 1.807) is 17.0 Å². The number of nitrogens with one attached hydrogen (secondary N) is 1. The predicted octanol–water partition coefficient (Wildman–Crippen LogP) is 1.30. The van der Waals surface area contributed by atoms with Gasteiger partial charge >= 0.3 is 0 Å². The van der Waals surface area contributed by atoms with Gasteiger partial charge in [0, 0.05) is 5.56 Å². The Bertz CT molecular complexity index is 965. The molecule has 0 radical (unpaired) electrons. The van der Waals surface area contributed by atoms with E-state index in [1.807, 2.05) is 18.2 Å². The van der Waals surface area contributed by atoms with Crippen molar-refractivity contribution in [1.82, 2.24) is 19.5 Å². The summed E-state index contributed by atoms with van der Waals surface area (Å²) < 4.78 is 28.3. The minimum Gasteiger partial charge on any atom is -0.334 e. The first-order valence-corrected chi connectivity index (χ1v) is 8.87.